The van der Waals surface area contributed by atoms with E-state index in [9.17, 15) is 4.79 Å². The van der Waals surface area contributed by atoms with E-state index in [0.717, 1.165) is 25.7 Å². The van der Waals surface area contributed by atoms with Gasteiger partial charge in [-0.15, -0.1) is 5.92 Å². The molecule has 0 radical (unpaired) electrons. The van der Waals surface area contributed by atoms with Gasteiger partial charge < -0.3 is 11.1 Å². The predicted molar refractivity (Wildman–Crippen MR) is 56.4 cm³/mol. The van der Waals surface area contributed by atoms with E-state index >= 15 is 0 Å². The molecule has 1 fully saturated rings. The molecule has 0 aromatic rings. The molecule has 78 valence electrons. The van der Waals surface area contributed by atoms with Crippen LogP contribution in [0.5, 0.6) is 0 Å². The molecule has 0 aromatic heterocycles. The van der Waals surface area contributed by atoms with E-state index in [1.807, 2.05) is 0 Å². The minimum atomic E-state index is -0.296. The maximum absolute atomic E-state index is 11.8. The van der Waals surface area contributed by atoms with Crippen molar-refractivity contribution >= 4 is 5.91 Å². The zero-order valence-electron chi connectivity index (χ0n) is 8.73. The fourth-order valence-electron chi connectivity index (χ4n) is 1.98. The second kappa shape index (κ2) is 5.02. The molecule has 1 saturated carbocycles. The third-order valence-electron chi connectivity index (χ3n) is 2.95. The number of carbonyl (C=O) groups is 1. The van der Waals surface area contributed by atoms with Gasteiger partial charge in [-0.2, -0.15) is 0 Å². The monoisotopic (exact) mass is 194 g/mol. The van der Waals surface area contributed by atoms with E-state index in [0.29, 0.717) is 13.1 Å². The molecule has 0 bridgehead atoms. The topological polar surface area (TPSA) is 55.1 Å². The van der Waals surface area contributed by atoms with Crippen LogP contribution in [0.1, 0.15) is 32.6 Å². The van der Waals surface area contributed by atoms with E-state index < -0.39 is 0 Å². The van der Waals surface area contributed by atoms with Gasteiger partial charge in [-0.3, -0.25) is 4.79 Å². The summed E-state index contributed by atoms with van der Waals surface area (Å²) >= 11 is 0. The van der Waals surface area contributed by atoms with Gasteiger partial charge in [0.25, 0.3) is 0 Å². The Morgan fingerprint density at radius 3 is 2.64 bits per heavy atom. The van der Waals surface area contributed by atoms with Crippen LogP contribution in [0.25, 0.3) is 0 Å². The van der Waals surface area contributed by atoms with Crippen molar-refractivity contribution < 1.29 is 4.79 Å². The van der Waals surface area contributed by atoms with Crippen LogP contribution in [0, 0.1) is 17.3 Å². The fourth-order valence-corrected chi connectivity index (χ4v) is 1.98. The first kappa shape index (κ1) is 11.1. The first-order valence-corrected chi connectivity index (χ1v) is 5.13. The lowest BCUT2D eigenvalue weighted by Crippen LogP contribution is -2.44. The highest BCUT2D eigenvalue weighted by Crippen LogP contribution is 2.37. The van der Waals surface area contributed by atoms with E-state index in [2.05, 4.69) is 17.2 Å². The zero-order chi connectivity index (χ0) is 10.4. The number of carbonyl (C=O) groups excluding carboxylic acids is 1. The van der Waals surface area contributed by atoms with Crippen LogP contribution in [0.4, 0.5) is 0 Å². The van der Waals surface area contributed by atoms with Crippen LogP contribution in [-0.2, 0) is 4.79 Å². The summed E-state index contributed by atoms with van der Waals surface area (Å²) < 4.78 is 0. The SMILES string of the molecule is CC#CCNC(=O)C1(CN)CCCC1. The zero-order valence-corrected chi connectivity index (χ0v) is 8.73. The van der Waals surface area contributed by atoms with E-state index in [-0.39, 0.29) is 11.3 Å². The van der Waals surface area contributed by atoms with Crippen molar-refractivity contribution in [3.63, 3.8) is 0 Å². The standard InChI is InChI=1S/C11H18N2O/c1-2-3-8-13-10(14)11(9-12)6-4-5-7-11/h4-9,12H2,1H3,(H,13,14). The second-order valence-corrected chi connectivity index (χ2v) is 3.80. The highest BCUT2D eigenvalue weighted by molar-refractivity contribution is 5.83. The fraction of sp³-hybridized carbons (Fsp3) is 0.727. The summed E-state index contributed by atoms with van der Waals surface area (Å²) in [4.78, 5) is 11.8. The molecule has 0 aromatic carbocycles. The third kappa shape index (κ3) is 2.27. The minimum Gasteiger partial charge on any atom is -0.345 e. The van der Waals surface area contributed by atoms with Crippen molar-refractivity contribution in [2.75, 3.05) is 13.1 Å². The maximum atomic E-state index is 11.8. The Bertz CT molecular complexity index is 256. The molecule has 0 saturated heterocycles. The van der Waals surface area contributed by atoms with E-state index in [4.69, 9.17) is 5.73 Å². The van der Waals surface area contributed by atoms with Gasteiger partial charge >= 0.3 is 0 Å². The highest BCUT2D eigenvalue weighted by Gasteiger charge is 2.39. The average molecular weight is 194 g/mol. The summed E-state index contributed by atoms with van der Waals surface area (Å²) in [5, 5.41) is 2.82. The highest BCUT2D eigenvalue weighted by atomic mass is 16.2. The summed E-state index contributed by atoms with van der Waals surface area (Å²) in [6.07, 6.45) is 4.08. The molecule has 0 unspecified atom stereocenters. The van der Waals surface area contributed by atoms with Gasteiger partial charge in [0.15, 0.2) is 0 Å². The summed E-state index contributed by atoms with van der Waals surface area (Å²) in [6.45, 7) is 2.66. The van der Waals surface area contributed by atoms with Crippen LogP contribution in [0.3, 0.4) is 0 Å². The Balaban J connectivity index is 2.50. The van der Waals surface area contributed by atoms with E-state index in [1.165, 1.54) is 0 Å². The van der Waals surface area contributed by atoms with Gasteiger partial charge in [0, 0.05) is 6.54 Å². The van der Waals surface area contributed by atoms with Crippen LogP contribution in [0.2, 0.25) is 0 Å². The van der Waals surface area contributed by atoms with Gasteiger partial charge in [-0.25, -0.2) is 0 Å². The summed E-state index contributed by atoms with van der Waals surface area (Å²) in [6, 6.07) is 0. The van der Waals surface area contributed by atoms with Crippen LogP contribution < -0.4 is 11.1 Å². The number of hydrogen-bond acceptors (Lipinski definition) is 2. The lowest BCUT2D eigenvalue weighted by molar-refractivity contribution is -0.130. The second-order valence-electron chi connectivity index (χ2n) is 3.80. The number of rotatable bonds is 3. The molecule has 0 spiro atoms. The lowest BCUT2D eigenvalue weighted by atomic mass is 9.85. The number of nitrogens with one attached hydrogen (secondary N) is 1. The molecular weight excluding hydrogens is 176 g/mol. The molecule has 3 nitrogen and oxygen atoms in total. The molecule has 0 atom stereocenters. The minimum absolute atomic E-state index is 0.0836. The molecule has 1 amide bonds. The van der Waals surface area contributed by atoms with Crippen LogP contribution in [0.15, 0.2) is 0 Å². The van der Waals surface area contributed by atoms with Crippen LogP contribution in [-0.4, -0.2) is 19.0 Å². The van der Waals surface area contributed by atoms with Gasteiger partial charge in [0.2, 0.25) is 5.91 Å². The summed E-state index contributed by atoms with van der Waals surface area (Å²) in [7, 11) is 0. The van der Waals surface area contributed by atoms with Gasteiger partial charge in [-0.1, -0.05) is 18.8 Å². The Hall–Kier alpha value is -1.01. The molecule has 0 heterocycles. The third-order valence-corrected chi connectivity index (χ3v) is 2.95. The number of amides is 1. The van der Waals surface area contributed by atoms with Gasteiger partial charge in [0.05, 0.1) is 12.0 Å². The molecule has 3 N–H and O–H groups in total. The number of nitrogens with two attached hydrogens (primary N) is 1. The smallest absolute Gasteiger partial charge is 0.228 e. The van der Waals surface area contributed by atoms with Gasteiger partial charge in [-0.05, 0) is 19.8 Å². The Labute approximate surface area is 85.4 Å². The van der Waals surface area contributed by atoms with Crippen molar-refractivity contribution in [2.24, 2.45) is 11.1 Å². The van der Waals surface area contributed by atoms with Crippen molar-refractivity contribution in [3.8, 4) is 11.8 Å². The summed E-state index contributed by atoms with van der Waals surface area (Å²) in [5.74, 6) is 5.65. The van der Waals surface area contributed by atoms with Crippen molar-refractivity contribution in [3.05, 3.63) is 0 Å². The molecule has 1 aliphatic rings. The molecule has 14 heavy (non-hydrogen) atoms. The largest absolute Gasteiger partial charge is 0.345 e. The normalized spacial score (nSPS) is 18.4. The van der Waals surface area contributed by atoms with Crippen LogP contribution >= 0.6 is 0 Å². The average Bonchev–Trinajstić information content (AvgIpc) is 2.67. The van der Waals surface area contributed by atoms with Crippen molar-refractivity contribution in [1.82, 2.24) is 5.32 Å². The Kier molecular flexibility index (Phi) is 3.97. The lowest BCUT2D eigenvalue weighted by Gasteiger charge is -2.25. The van der Waals surface area contributed by atoms with Crippen molar-refractivity contribution in [2.45, 2.75) is 32.6 Å². The molecular formula is C11H18N2O. The number of hydrogen-bond donors (Lipinski definition) is 2. The Morgan fingerprint density at radius 2 is 2.14 bits per heavy atom. The maximum Gasteiger partial charge on any atom is 0.228 e. The molecule has 1 rings (SSSR count). The van der Waals surface area contributed by atoms with Crippen molar-refractivity contribution in [1.29, 1.82) is 0 Å². The first-order valence-electron chi connectivity index (χ1n) is 5.13. The molecule has 0 aliphatic heterocycles. The molecule has 1 aliphatic carbocycles. The summed E-state index contributed by atoms with van der Waals surface area (Å²) in [5.41, 5.74) is 5.38. The predicted octanol–water partition coefficient (Wildman–Crippen LogP) is 0.645. The van der Waals surface area contributed by atoms with Gasteiger partial charge in [0.1, 0.15) is 0 Å². The first-order chi connectivity index (χ1) is 6.75. The Morgan fingerprint density at radius 1 is 1.50 bits per heavy atom. The van der Waals surface area contributed by atoms with E-state index in [1.54, 1.807) is 6.92 Å². The quantitative estimate of drug-likeness (QED) is 0.648. The molecule has 3 heteroatoms.